The molecule has 0 aliphatic rings. The molecule has 2 heterocycles. The molecule has 1 N–H and O–H groups in total. The van der Waals surface area contributed by atoms with Crippen LogP contribution in [0.1, 0.15) is 5.69 Å². The Morgan fingerprint density at radius 1 is 1.36 bits per heavy atom. The van der Waals surface area contributed by atoms with Crippen LogP contribution in [0.4, 0.5) is 5.69 Å². The van der Waals surface area contributed by atoms with Crippen LogP contribution >= 0.6 is 34.5 Å². The SMILES string of the molecule is N#C/C(=C\c1csc(-c2ccco2)n1)C(=O)Nc1cc(Cl)ccc1Cl. The van der Waals surface area contributed by atoms with Gasteiger partial charge >= 0.3 is 0 Å². The molecule has 1 amide bonds. The molecule has 25 heavy (non-hydrogen) atoms. The molecular formula is C17H9Cl2N3O2S. The Morgan fingerprint density at radius 2 is 2.20 bits per heavy atom. The number of rotatable bonds is 4. The summed E-state index contributed by atoms with van der Waals surface area (Å²) in [5.41, 5.74) is 0.711. The molecule has 5 nitrogen and oxygen atoms in total. The minimum atomic E-state index is -0.598. The van der Waals surface area contributed by atoms with Crippen LogP contribution in [0.25, 0.3) is 16.8 Å². The third-order valence-corrected chi connectivity index (χ3v) is 4.53. The van der Waals surface area contributed by atoms with Crippen LogP contribution in [0.5, 0.6) is 0 Å². The lowest BCUT2D eigenvalue weighted by molar-refractivity contribution is -0.112. The second-order valence-electron chi connectivity index (χ2n) is 4.80. The summed E-state index contributed by atoms with van der Waals surface area (Å²) in [5, 5.41) is 15.0. The first-order chi connectivity index (χ1) is 12.1. The van der Waals surface area contributed by atoms with E-state index >= 15 is 0 Å². The normalized spacial score (nSPS) is 11.2. The van der Waals surface area contributed by atoms with E-state index in [0.29, 0.717) is 32.2 Å². The minimum Gasteiger partial charge on any atom is -0.462 e. The van der Waals surface area contributed by atoms with E-state index < -0.39 is 5.91 Å². The molecule has 2 aromatic heterocycles. The van der Waals surface area contributed by atoms with E-state index in [1.807, 2.05) is 6.07 Å². The maximum Gasteiger partial charge on any atom is 0.266 e. The molecule has 0 unspecified atom stereocenters. The molecule has 0 aliphatic carbocycles. The molecule has 0 fully saturated rings. The van der Waals surface area contributed by atoms with Crippen molar-refractivity contribution in [3.8, 4) is 16.8 Å². The van der Waals surface area contributed by atoms with Gasteiger partial charge in [-0.2, -0.15) is 5.26 Å². The standard InChI is InChI=1S/C17H9Cl2N3O2S/c18-11-3-4-13(19)14(7-11)22-16(23)10(8-20)6-12-9-25-17(21-12)15-2-1-5-24-15/h1-7,9H,(H,22,23)/b10-6+. The number of benzene rings is 1. The molecule has 124 valence electrons. The largest absolute Gasteiger partial charge is 0.462 e. The van der Waals surface area contributed by atoms with Gasteiger partial charge in [0.25, 0.3) is 5.91 Å². The first kappa shape index (κ1) is 17.2. The lowest BCUT2D eigenvalue weighted by Gasteiger charge is -2.06. The lowest BCUT2D eigenvalue weighted by atomic mass is 10.2. The van der Waals surface area contributed by atoms with Crippen LogP contribution in [0.15, 0.2) is 52.0 Å². The fourth-order valence-corrected chi connectivity index (χ4v) is 3.03. The number of carbonyl (C=O) groups excluding carboxylic acids is 1. The average Bonchev–Trinajstić information content (AvgIpc) is 3.27. The topological polar surface area (TPSA) is 78.9 Å². The van der Waals surface area contributed by atoms with Gasteiger partial charge in [0.15, 0.2) is 10.8 Å². The number of amides is 1. The van der Waals surface area contributed by atoms with Gasteiger partial charge in [0.05, 0.1) is 22.7 Å². The molecule has 0 bridgehead atoms. The van der Waals surface area contributed by atoms with Gasteiger partial charge in [-0.25, -0.2) is 4.98 Å². The Balaban J connectivity index is 1.82. The fraction of sp³-hybridized carbons (Fsp3) is 0. The number of hydrogen-bond acceptors (Lipinski definition) is 5. The molecule has 0 radical (unpaired) electrons. The van der Waals surface area contributed by atoms with Gasteiger partial charge in [0, 0.05) is 10.4 Å². The highest BCUT2D eigenvalue weighted by Crippen LogP contribution is 2.27. The van der Waals surface area contributed by atoms with E-state index in [2.05, 4.69) is 10.3 Å². The van der Waals surface area contributed by atoms with Crippen molar-refractivity contribution in [2.75, 3.05) is 5.32 Å². The summed E-state index contributed by atoms with van der Waals surface area (Å²) in [6.45, 7) is 0. The number of nitrogens with one attached hydrogen (secondary N) is 1. The molecular weight excluding hydrogens is 381 g/mol. The molecule has 3 rings (SSSR count). The van der Waals surface area contributed by atoms with E-state index in [1.165, 1.54) is 23.5 Å². The smallest absolute Gasteiger partial charge is 0.266 e. The van der Waals surface area contributed by atoms with E-state index in [9.17, 15) is 10.1 Å². The molecule has 8 heteroatoms. The van der Waals surface area contributed by atoms with Crippen molar-refractivity contribution in [1.29, 1.82) is 5.26 Å². The van der Waals surface area contributed by atoms with Crippen molar-refractivity contribution < 1.29 is 9.21 Å². The van der Waals surface area contributed by atoms with Crippen LogP contribution in [0, 0.1) is 11.3 Å². The number of furan rings is 1. The van der Waals surface area contributed by atoms with Gasteiger partial charge in [-0.1, -0.05) is 23.2 Å². The van der Waals surface area contributed by atoms with E-state index in [1.54, 1.807) is 35.9 Å². The highest BCUT2D eigenvalue weighted by Gasteiger charge is 2.13. The van der Waals surface area contributed by atoms with Gasteiger partial charge in [-0.15, -0.1) is 11.3 Å². The van der Waals surface area contributed by atoms with Crippen LogP contribution in [-0.2, 0) is 4.79 Å². The summed E-state index contributed by atoms with van der Waals surface area (Å²) >= 11 is 13.3. The molecule has 0 atom stereocenters. The Hall–Kier alpha value is -2.59. The first-order valence-corrected chi connectivity index (χ1v) is 8.58. The third kappa shape index (κ3) is 4.09. The summed E-state index contributed by atoms with van der Waals surface area (Å²) in [5.74, 6) is 0.0255. The number of nitriles is 1. The number of hydrogen-bond donors (Lipinski definition) is 1. The van der Waals surface area contributed by atoms with Crippen molar-refractivity contribution in [3.63, 3.8) is 0 Å². The second-order valence-corrected chi connectivity index (χ2v) is 6.50. The summed E-state index contributed by atoms with van der Waals surface area (Å²) in [6, 6.07) is 10.1. The average molecular weight is 390 g/mol. The van der Waals surface area contributed by atoms with Gasteiger partial charge in [0.1, 0.15) is 11.6 Å². The van der Waals surface area contributed by atoms with Crippen LogP contribution in [0.3, 0.4) is 0 Å². The Bertz CT molecular complexity index is 988. The van der Waals surface area contributed by atoms with Gasteiger partial charge in [-0.3, -0.25) is 4.79 Å². The monoisotopic (exact) mass is 389 g/mol. The molecule has 3 aromatic rings. The number of halogens is 2. The van der Waals surface area contributed by atoms with E-state index in [-0.39, 0.29) is 5.57 Å². The van der Waals surface area contributed by atoms with E-state index in [4.69, 9.17) is 27.6 Å². The molecule has 0 saturated heterocycles. The van der Waals surface area contributed by atoms with Crippen molar-refractivity contribution >= 4 is 52.2 Å². The number of thiazole rings is 1. The summed E-state index contributed by atoms with van der Waals surface area (Å²) in [6.07, 6.45) is 2.95. The maximum absolute atomic E-state index is 12.3. The van der Waals surface area contributed by atoms with Gasteiger partial charge in [-0.05, 0) is 36.4 Å². The lowest BCUT2D eigenvalue weighted by Crippen LogP contribution is -2.13. The van der Waals surface area contributed by atoms with Crippen LogP contribution < -0.4 is 5.32 Å². The summed E-state index contributed by atoms with van der Waals surface area (Å²) < 4.78 is 5.27. The van der Waals surface area contributed by atoms with Crippen LogP contribution in [0.2, 0.25) is 10.0 Å². The van der Waals surface area contributed by atoms with Crippen molar-refractivity contribution in [2.45, 2.75) is 0 Å². The highest BCUT2D eigenvalue weighted by atomic mass is 35.5. The molecule has 1 aromatic carbocycles. The number of aromatic nitrogens is 1. The zero-order valence-corrected chi connectivity index (χ0v) is 14.8. The number of anilines is 1. The predicted octanol–water partition coefficient (Wildman–Crippen LogP) is 5.26. The zero-order chi connectivity index (χ0) is 17.8. The summed E-state index contributed by atoms with van der Waals surface area (Å²) in [4.78, 5) is 16.6. The molecule has 0 saturated carbocycles. The van der Waals surface area contributed by atoms with E-state index in [0.717, 1.165) is 0 Å². The first-order valence-electron chi connectivity index (χ1n) is 6.94. The van der Waals surface area contributed by atoms with Crippen molar-refractivity contribution in [1.82, 2.24) is 4.98 Å². The Labute approximate surface area is 157 Å². The second kappa shape index (κ2) is 7.53. The van der Waals surface area contributed by atoms with Crippen LogP contribution in [-0.4, -0.2) is 10.9 Å². The van der Waals surface area contributed by atoms with Gasteiger partial charge in [0.2, 0.25) is 0 Å². The molecule has 0 aliphatic heterocycles. The predicted molar refractivity (Wildman–Crippen MR) is 98.5 cm³/mol. The maximum atomic E-state index is 12.3. The van der Waals surface area contributed by atoms with Gasteiger partial charge < -0.3 is 9.73 Å². The minimum absolute atomic E-state index is 0.104. The third-order valence-electron chi connectivity index (χ3n) is 3.09. The Morgan fingerprint density at radius 3 is 2.92 bits per heavy atom. The number of nitrogens with zero attached hydrogens (tertiary/aromatic N) is 2. The quantitative estimate of drug-likeness (QED) is 0.487. The van der Waals surface area contributed by atoms with Crippen molar-refractivity contribution in [2.24, 2.45) is 0 Å². The Kier molecular flexibility index (Phi) is 5.19. The highest BCUT2D eigenvalue weighted by molar-refractivity contribution is 7.13. The zero-order valence-electron chi connectivity index (χ0n) is 12.5. The molecule has 0 spiro atoms. The fourth-order valence-electron chi connectivity index (χ4n) is 1.95. The summed E-state index contributed by atoms with van der Waals surface area (Å²) in [7, 11) is 0. The number of carbonyl (C=O) groups is 1. The van der Waals surface area contributed by atoms with Crippen molar-refractivity contribution in [3.05, 3.63) is 63.3 Å².